The fraction of sp³-hybridized carbons (Fsp3) is 0.321. The summed E-state index contributed by atoms with van der Waals surface area (Å²) in [5, 5.41) is 5.41. The zero-order chi connectivity index (χ0) is 27.1. The van der Waals surface area contributed by atoms with Gasteiger partial charge in [0.25, 0.3) is 0 Å². The predicted molar refractivity (Wildman–Crippen MR) is 146 cm³/mol. The number of carbonyl (C=O) groups excluding carboxylic acids is 1. The molecule has 4 aromatic heterocycles. The first-order valence-corrected chi connectivity index (χ1v) is 12.9. The maximum Gasteiger partial charge on any atom is 0.333 e. The van der Waals surface area contributed by atoms with Crippen LogP contribution in [-0.4, -0.2) is 72.6 Å². The van der Waals surface area contributed by atoms with Crippen molar-refractivity contribution in [3.63, 3.8) is 0 Å². The van der Waals surface area contributed by atoms with Gasteiger partial charge in [0.2, 0.25) is 11.8 Å². The summed E-state index contributed by atoms with van der Waals surface area (Å²) in [6.45, 7) is 6.62. The molecule has 0 unspecified atom stereocenters. The number of nitrogens with zero attached hydrogens (tertiary/aromatic N) is 7. The summed E-state index contributed by atoms with van der Waals surface area (Å²) in [5.74, 6) is 0.545. The summed E-state index contributed by atoms with van der Waals surface area (Å²) in [5.41, 5.74) is 5.12. The van der Waals surface area contributed by atoms with Gasteiger partial charge in [-0.05, 0) is 37.6 Å². The van der Waals surface area contributed by atoms with E-state index < -0.39 is 0 Å². The monoisotopic (exact) mass is 527 g/mol. The lowest BCUT2D eigenvalue weighted by Crippen LogP contribution is -2.42. The van der Waals surface area contributed by atoms with Crippen molar-refractivity contribution in [3.05, 3.63) is 65.1 Å². The molecule has 200 valence electrons. The molecule has 1 aliphatic heterocycles. The number of morpholine rings is 1. The van der Waals surface area contributed by atoms with Crippen LogP contribution in [0.3, 0.4) is 0 Å². The smallest absolute Gasteiger partial charge is 0.333 e. The van der Waals surface area contributed by atoms with Gasteiger partial charge in [0, 0.05) is 43.4 Å². The van der Waals surface area contributed by atoms with Gasteiger partial charge >= 0.3 is 5.69 Å². The molecule has 5 aromatic rings. The molecule has 1 aliphatic rings. The van der Waals surface area contributed by atoms with Crippen LogP contribution in [0.25, 0.3) is 38.8 Å². The number of carbonyl (C=O) groups is 1. The van der Waals surface area contributed by atoms with Crippen molar-refractivity contribution in [1.82, 2.24) is 33.8 Å². The lowest BCUT2D eigenvalue weighted by molar-refractivity contribution is -0.136. The number of pyridine rings is 2. The average molecular weight is 528 g/mol. The van der Waals surface area contributed by atoms with Crippen LogP contribution >= 0.6 is 0 Å². The third-order valence-electron chi connectivity index (χ3n) is 7.07. The molecule has 1 aromatic carbocycles. The van der Waals surface area contributed by atoms with E-state index in [-0.39, 0.29) is 18.1 Å². The molecule has 0 saturated carbocycles. The third-order valence-corrected chi connectivity index (χ3v) is 7.07. The molecule has 0 spiro atoms. The first kappa shape index (κ1) is 24.8. The Hall–Kier alpha value is -4.51. The van der Waals surface area contributed by atoms with Gasteiger partial charge in [-0.3, -0.25) is 23.6 Å². The standard InChI is InChI=1S/C28H29N7O4/c1-4-39-25-8-6-20(14-30-25)19-5-7-22-21(13-19)27-23(15-29-22)32(3)28(37)35(27)24-16-34(31-18(24)2)17-26(36)33-9-11-38-12-10-33/h5-8,13-16H,4,9-12,17H2,1-3H3. The van der Waals surface area contributed by atoms with Gasteiger partial charge in [-0.2, -0.15) is 5.10 Å². The van der Waals surface area contributed by atoms with Crippen molar-refractivity contribution >= 4 is 27.8 Å². The lowest BCUT2D eigenvalue weighted by Gasteiger charge is -2.26. The Morgan fingerprint density at radius 3 is 2.62 bits per heavy atom. The fourth-order valence-electron chi connectivity index (χ4n) is 5.04. The van der Waals surface area contributed by atoms with Gasteiger partial charge in [-0.15, -0.1) is 0 Å². The predicted octanol–water partition coefficient (Wildman–Crippen LogP) is 2.70. The average Bonchev–Trinajstić information content (AvgIpc) is 3.44. The molecule has 11 heteroatoms. The molecule has 11 nitrogen and oxygen atoms in total. The van der Waals surface area contributed by atoms with E-state index in [0.717, 1.165) is 27.5 Å². The number of hydrogen-bond donors (Lipinski definition) is 0. The summed E-state index contributed by atoms with van der Waals surface area (Å²) in [7, 11) is 1.73. The van der Waals surface area contributed by atoms with Gasteiger partial charge in [-0.25, -0.2) is 9.78 Å². The van der Waals surface area contributed by atoms with E-state index in [4.69, 9.17) is 9.47 Å². The molecule has 5 heterocycles. The molecular formula is C28H29N7O4. The minimum Gasteiger partial charge on any atom is -0.478 e. The Morgan fingerprint density at radius 1 is 1.08 bits per heavy atom. The van der Waals surface area contributed by atoms with Gasteiger partial charge in [0.1, 0.15) is 6.54 Å². The summed E-state index contributed by atoms with van der Waals surface area (Å²) in [4.78, 5) is 37.2. The molecule has 0 aliphatic carbocycles. The first-order chi connectivity index (χ1) is 18.9. The van der Waals surface area contributed by atoms with Crippen LogP contribution in [0.1, 0.15) is 12.6 Å². The number of fused-ring (bicyclic) bond motifs is 3. The van der Waals surface area contributed by atoms with Crippen LogP contribution in [0.4, 0.5) is 0 Å². The van der Waals surface area contributed by atoms with E-state index in [2.05, 4.69) is 15.1 Å². The molecule has 0 bridgehead atoms. The van der Waals surface area contributed by atoms with Crippen molar-refractivity contribution in [1.29, 1.82) is 0 Å². The van der Waals surface area contributed by atoms with E-state index in [1.807, 2.05) is 44.2 Å². The summed E-state index contributed by atoms with van der Waals surface area (Å²) in [6, 6.07) is 9.77. The van der Waals surface area contributed by atoms with E-state index in [0.29, 0.717) is 55.7 Å². The molecule has 1 fully saturated rings. The number of aromatic nitrogens is 6. The van der Waals surface area contributed by atoms with Crippen LogP contribution in [0.15, 0.2) is 53.7 Å². The lowest BCUT2D eigenvalue weighted by atomic mass is 10.0. The maximum absolute atomic E-state index is 13.6. The van der Waals surface area contributed by atoms with Gasteiger partial charge < -0.3 is 14.4 Å². The topological polar surface area (TPSA) is 109 Å². The number of aryl methyl sites for hydroxylation is 2. The number of amides is 1. The first-order valence-electron chi connectivity index (χ1n) is 12.9. The SMILES string of the molecule is CCOc1ccc(-c2ccc3ncc4c(c3c2)n(-c2cn(CC(=O)N3CCOCC3)nc2C)c(=O)n4C)cn1. The second-order valence-electron chi connectivity index (χ2n) is 9.51. The normalized spacial score (nSPS) is 13.9. The number of hydrogen-bond acceptors (Lipinski definition) is 7. The highest BCUT2D eigenvalue weighted by Gasteiger charge is 2.22. The quantitative estimate of drug-likeness (QED) is 0.334. The van der Waals surface area contributed by atoms with Gasteiger partial charge in [0.05, 0.1) is 60.1 Å². The fourth-order valence-corrected chi connectivity index (χ4v) is 5.04. The van der Waals surface area contributed by atoms with Crippen molar-refractivity contribution < 1.29 is 14.3 Å². The number of ether oxygens (including phenoxy) is 2. The van der Waals surface area contributed by atoms with E-state index >= 15 is 0 Å². The van der Waals surface area contributed by atoms with Gasteiger partial charge in [0.15, 0.2) is 0 Å². The highest BCUT2D eigenvalue weighted by molar-refractivity contribution is 6.04. The van der Waals surface area contributed by atoms with Gasteiger partial charge in [-0.1, -0.05) is 6.07 Å². The third kappa shape index (κ3) is 4.44. The summed E-state index contributed by atoms with van der Waals surface area (Å²) >= 11 is 0. The van der Waals surface area contributed by atoms with Crippen LogP contribution in [-0.2, 0) is 23.1 Å². The van der Waals surface area contributed by atoms with Crippen molar-refractivity contribution in [2.24, 2.45) is 7.05 Å². The molecule has 1 saturated heterocycles. The van der Waals surface area contributed by atoms with Crippen LogP contribution < -0.4 is 10.4 Å². The molecule has 0 N–H and O–H groups in total. The maximum atomic E-state index is 13.6. The zero-order valence-corrected chi connectivity index (χ0v) is 22.1. The van der Waals surface area contributed by atoms with Crippen LogP contribution in [0.2, 0.25) is 0 Å². The molecule has 39 heavy (non-hydrogen) atoms. The highest BCUT2D eigenvalue weighted by Crippen LogP contribution is 2.30. The molecule has 6 rings (SSSR count). The second kappa shape index (κ2) is 9.99. The van der Waals surface area contributed by atoms with E-state index in [1.165, 1.54) is 0 Å². The van der Waals surface area contributed by atoms with E-state index in [9.17, 15) is 9.59 Å². The van der Waals surface area contributed by atoms with Crippen molar-refractivity contribution in [3.8, 4) is 22.7 Å². The number of rotatable bonds is 6. The Balaban J connectivity index is 1.45. The molecule has 1 amide bonds. The largest absolute Gasteiger partial charge is 0.478 e. The summed E-state index contributed by atoms with van der Waals surface area (Å²) < 4.78 is 15.7. The molecule has 0 radical (unpaired) electrons. The van der Waals surface area contributed by atoms with E-state index in [1.54, 1.807) is 44.4 Å². The molecular weight excluding hydrogens is 498 g/mol. The van der Waals surface area contributed by atoms with Crippen molar-refractivity contribution in [2.75, 3.05) is 32.9 Å². The summed E-state index contributed by atoms with van der Waals surface area (Å²) in [6.07, 6.45) is 5.26. The Bertz CT molecular complexity index is 1740. The molecule has 0 atom stereocenters. The Kier molecular flexibility index (Phi) is 6.35. The second-order valence-corrected chi connectivity index (χ2v) is 9.51. The highest BCUT2D eigenvalue weighted by atomic mass is 16.5. The number of imidazole rings is 1. The minimum absolute atomic E-state index is 0.0270. The Labute approximate surface area is 224 Å². The van der Waals surface area contributed by atoms with Crippen LogP contribution in [0, 0.1) is 6.92 Å². The Morgan fingerprint density at radius 2 is 1.87 bits per heavy atom. The minimum atomic E-state index is -0.213. The van der Waals surface area contributed by atoms with Crippen molar-refractivity contribution in [2.45, 2.75) is 20.4 Å². The zero-order valence-electron chi connectivity index (χ0n) is 22.1. The van der Waals surface area contributed by atoms with Crippen LogP contribution in [0.5, 0.6) is 5.88 Å². The number of benzene rings is 1.